The third-order valence-electron chi connectivity index (χ3n) is 17.2. The highest BCUT2D eigenvalue weighted by atomic mass is 16.5. The lowest BCUT2D eigenvalue weighted by molar-refractivity contribution is 0.0398. The van der Waals surface area contributed by atoms with Crippen molar-refractivity contribution in [3.63, 3.8) is 0 Å². The summed E-state index contributed by atoms with van der Waals surface area (Å²) in [4.78, 5) is 66.6. The number of benzene rings is 5. The molecule has 7 heterocycles. The second-order valence-corrected chi connectivity index (χ2v) is 24.9. The van der Waals surface area contributed by atoms with E-state index < -0.39 is 0 Å². The highest BCUT2D eigenvalue weighted by Gasteiger charge is 2.20. The first-order valence-electron chi connectivity index (χ1n) is 32.9. The van der Waals surface area contributed by atoms with Crippen molar-refractivity contribution < 1.29 is 4.74 Å². The third-order valence-corrected chi connectivity index (χ3v) is 17.2. The minimum absolute atomic E-state index is 0.0485. The van der Waals surface area contributed by atoms with E-state index in [2.05, 4.69) is 60.3 Å². The molecule has 0 unspecified atom stereocenters. The van der Waals surface area contributed by atoms with Crippen molar-refractivity contribution in [3.8, 4) is 0 Å². The summed E-state index contributed by atoms with van der Waals surface area (Å²) in [6.07, 6.45) is 16.9. The van der Waals surface area contributed by atoms with E-state index in [1.165, 1.54) is 45.2 Å². The first-order chi connectivity index (χ1) is 45.0. The number of hydrogen-bond acceptors (Lipinski definition) is 14. The molecule has 0 radical (unpaired) electrons. The summed E-state index contributed by atoms with van der Waals surface area (Å²) in [5.74, 6) is 0.856. The Balaban J connectivity index is 0.000000138. The van der Waals surface area contributed by atoms with E-state index in [4.69, 9.17) is 4.74 Å². The van der Waals surface area contributed by atoms with Gasteiger partial charge in [0.1, 0.15) is 0 Å². The molecule has 5 N–H and O–H groups in total. The number of rotatable bonds is 18. The van der Waals surface area contributed by atoms with Gasteiger partial charge in [0.2, 0.25) is 0 Å². The Morgan fingerprint density at radius 2 is 0.710 bits per heavy atom. The van der Waals surface area contributed by atoms with Crippen molar-refractivity contribution in [2.45, 2.75) is 45.4 Å². The summed E-state index contributed by atoms with van der Waals surface area (Å²) in [6.45, 7) is 16.1. The Morgan fingerprint density at radius 1 is 0.398 bits per heavy atom. The Bertz CT molecular complexity index is 4300. The molecule has 19 nitrogen and oxygen atoms in total. The van der Waals surface area contributed by atoms with Gasteiger partial charge in [0.05, 0.1) is 13.2 Å². The van der Waals surface area contributed by atoms with Crippen LogP contribution in [-0.2, 0) is 40.0 Å². The van der Waals surface area contributed by atoms with E-state index >= 15 is 0 Å². The molecule has 0 atom stereocenters. The summed E-state index contributed by atoms with van der Waals surface area (Å²) in [5, 5.41) is 25.8. The van der Waals surface area contributed by atoms with Crippen LogP contribution in [0.25, 0.3) is 53.9 Å². The van der Waals surface area contributed by atoms with Crippen LogP contribution in [0.1, 0.15) is 45.4 Å². The molecule has 0 amide bonds. The summed E-state index contributed by atoms with van der Waals surface area (Å²) < 4.78 is 13.4. The Morgan fingerprint density at radius 3 is 1.03 bits per heavy atom. The average Bonchev–Trinajstić information content (AvgIpc) is 1.84. The molecule has 0 spiro atoms. The normalized spacial score (nSPS) is 14.1. The number of nitrogens with zero attached hydrogens (tertiary/aromatic N) is 8. The number of piperidine rings is 1. The number of aromatic nitrogens is 5. The van der Waals surface area contributed by atoms with Gasteiger partial charge in [-0.3, -0.25) is 28.9 Å². The number of likely N-dealkylation sites (tertiary alicyclic amines) is 1. The lowest BCUT2D eigenvalue weighted by Crippen LogP contribution is -2.39. The maximum Gasteiger partial charge on any atom is 0.258 e. The number of likely N-dealkylation sites (N-methyl/N-ethyl adjacent to an activating group) is 1. The van der Waals surface area contributed by atoms with Crippen LogP contribution in [0.3, 0.4) is 0 Å². The number of hydrogen-bond donors (Lipinski definition) is 5. The Kier molecular flexibility index (Phi) is 24.6. The molecule has 93 heavy (non-hydrogen) atoms. The second-order valence-electron chi connectivity index (χ2n) is 24.9. The summed E-state index contributed by atoms with van der Waals surface area (Å²) in [5.41, 5.74) is 5.66. The minimum atomic E-state index is 0.0485. The first kappa shape index (κ1) is 68.4. The van der Waals surface area contributed by atoms with Gasteiger partial charge in [-0.05, 0) is 213 Å². The monoisotopic (exact) mass is 1260 g/mol. The molecule has 5 aromatic heterocycles. The molecule has 10 aromatic rings. The maximum atomic E-state index is 12.0. The van der Waals surface area contributed by atoms with Crippen molar-refractivity contribution in [3.05, 3.63) is 204 Å². The smallest absolute Gasteiger partial charge is 0.258 e. The van der Waals surface area contributed by atoms with Gasteiger partial charge < -0.3 is 64.0 Å². The quantitative estimate of drug-likeness (QED) is 0.0546. The lowest BCUT2D eigenvalue weighted by atomic mass is 10.1. The van der Waals surface area contributed by atoms with E-state index in [1.807, 2.05) is 142 Å². The van der Waals surface area contributed by atoms with E-state index in [1.54, 1.807) is 70.5 Å². The summed E-state index contributed by atoms with van der Waals surface area (Å²) in [7, 11) is 13.0. The zero-order valence-corrected chi connectivity index (χ0v) is 55.7. The molecule has 3 aliphatic rings. The predicted octanol–water partition coefficient (Wildman–Crippen LogP) is 9.95. The molecule has 19 heteroatoms. The highest BCUT2D eigenvalue weighted by Crippen LogP contribution is 2.29. The Labute approximate surface area is 545 Å². The topological polar surface area (TPSA) is 189 Å². The van der Waals surface area contributed by atoms with Crippen molar-refractivity contribution in [1.82, 2.24) is 37.5 Å². The first-order valence-corrected chi connectivity index (χ1v) is 32.9. The molecule has 1 saturated carbocycles. The number of pyridine rings is 5. The van der Waals surface area contributed by atoms with Crippen LogP contribution in [0.15, 0.2) is 176 Å². The third kappa shape index (κ3) is 19.5. The van der Waals surface area contributed by atoms with Crippen LogP contribution < -0.4 is 54.4 Å². The van der Waals surface area contributed by atoms with E-state index in [0.29, 0.717) is 0 Å². The van der Waals surface area contributed by atoms with Gasteiger partial charge in [0, 0.05) is 187 Å². The molecule has 5 aromatic carbocycles. The largest absolute Gasteiger partial charge is 0.385 e. The molecule has 0 bridgehead atoms. The highest BCUT2D eigenvalue weighted by molar-refractivity contribution is 5.88. The number of anilines is 5. The number of aryl methyl sites for hydroxylation is 5. The predicted molar refractivity (Wildman–Crippen MR) is 388 cm³/mol. The van der Waals surface area contributed by atoms with Crippen LogP contribution in [0.2, 0.25) is 0 Å². The van der Waals surface area contributed by atoms with Crippen LogP contribution in [0.4, 0.5) is 28.4 Å². The molecular formula is C74H95N13O6. The summed E-state index contributed by atoms with van der Waals surface area (Å²) in [6, 6.07) is 39.5. The minimum Gasteiger partial charge on any atom is -0.385 e. The van der Waals surface area contributed by atoms with Crippen LogP contribution in [-0.4, -0.2) is 143 Å². The second kappa shape index (κ2) is 33.5. The van der Waals surface area contributed by atoms with Gasteiger partial charge in [0.15, 0.2) is 0 Å². The van der Waals surface area contributed by atoms with E-state index in [-0.39, 0.29) is 27.8 Å². The maximum absolute atomic E-state index is 12.0. The SMILES string of the molecule is CCCNc1ccc2c(=O)n(C)ccc2c1.CN(C)CCNc1ccc2c(=O)n(C)ccc2c1.Cn1ccc2cc(NCC3CC3)ccc2c1=O.Cn1ccc2cc(NCCN3CCCCC3)ccc2c1=O.Cn1ccc2cc(NCCN3CCOCC3)ccc2c1=O. The van der Waals surface area contributed by atoms with Crippen molar-refractivity contribution in [2.75, 3.05) is 132 Å². The molecule has 2 saturated heterocycles. The van der Waals surface area contributed by atoms with Crippen LogP contribution >= 0.6 is 0 Å². The zero-order valence-electron chi connectivity index (χ0n) is 55.7. The van der Waals surface area contributed by atoms with Gasteiger partial charge in [-0.1, -0.05) is 13.3 Å². The number of nitrogens with one attached hydrogen (secondary N) is 5. The van der Waals surface area contributed by atoms with Crippen molar-refractivity contribution in [1.29, 1.82) is 0 Å². The molecule has 492 valence electrons. The zero-order chi connectivity index (χ0) is 65.8. The van der Waals surface area contributed by atoms with Crippen LogP contribution in [0.5, 0.6) is 0 Å². The molecule has 3 fully saturated rings. The van der Waals surface area contributed by atoms with Gasteiger partial charge in [-0.2, -0.15) is 0 Å². The van der Waals surface area contributed by atoms with Crippen molar-refractivity contribution in [2.24, 2.45) is 41.2 Å². The fourth-order valence-electron chi connectivity index (χ4n) is 11.3. The number of ether oxygens (including phenoxy) is 1. The van der Waals surface area contributed by atoms with Crippen LogP contribution in [0, 0.1) is 5.92 Å². The number of morpholine rings is 1. The van der Waals surface area contributed by atoms with Gasteiger partial charge >= 0.3 is 0 Å². The fraction of sp³-hybridized carbons (Fsp3) is 0.392. The lowest BCUT2D eigenvalue weighted by Gasteiger charge is -2.26. The van der Waals surface area contributed by atoms with E-state index in [0.717, 1.165) is 173 Å². The van der Waals surface area contributed by atoms with E-state index in [9.17, 15) is 24.0 Å². The van der Waals surface area contributed by atoms with Gasteiger partial charge in [-0.15, -0.1) is 0 Å². The molecule has 13 rings (SSSR count). The average molecular weight is 1260 g/mol. The number of fused-ring (bicyclic) bond motifs is 5. The molecular weight excluding hydrogens is 1170 g/mol. The standard InChI is InChI=1S/C17H23N3O.C16H21N3O2.C14H19N3O.C14H16N2O.C13H16N2O/c1-19-11-7-14-13-15(5-6-16(14)17(19)21)18-8-12-20-9-3-2-4-10-20;1-18-6-4-13-12-14(2-3-15(13)16(18)20)17-5-7-19-8-10-21-11-9-19;1-16(2)9-7-15-12-4-5-13-11(10-12)6-8-17(3)14(13)18;1-16-7-6-11-8-12(15-9-10-2-3-10)4-5-13(11)14(16)17;1-3-7-14-11-4-5-12-10(9-11)6-8-15(2)13(12)16/h5-7,11,13,18H,2-4,8-10,12H2,1H3;2-4,6,12,17H,5,7-11H2,1H3;4-6,8,10,15H,7,9H2,1-3H3;4-8,10,15H,2-3,9H2,1H3;4-6,8-9,14H,3,7H2,1-2H3. The summed E-state index contributed by atoms with van der Waals surface area (Å²) >= 11 is 0. The molecule has 2 aliphatic heterocycles. The fourth-order valence-corrected chi connectivity index (χ4v) is 11.3. The van der Waals surface area contributed by atoms with Gasteiger partial charge in [-0.25, -0.2) is 0 Å². The molecule has 1 aliphatic carbocycles. The van der Waals surface area contributed by atoms with Gasteiger partial charge in [0.25, 0.3) is 27.8 Å². The van der Waals surface area contributed by atoms with Crippen molar-refractivity contribution >= 4 is 82.3 Å². The Hall–Kier alpha value is -9.01.